The lowest BCUT2D eigenvalue weighted by Crippen LogP contribution is -2.24. The molecule has 1 heterocycles. The number of allylic oxidation sites excluding steroid dienone is 1. The van der Waals surface area contributed by atoms with Gasteiger partial charge in [0.15, 0.2) is 0 Å². The van der Waals surface area contributed by atoms with Crippen molar-refractivity contribution in [1.29, 1.82) is 0 Å². The topological polar surface area (TPSA) is 65.1 Å². The van der Waals surface area contributed by atoms with E-state index >= 15 is 0 Å². The number of hydrogen-bond donors (Lipinski definition) is 0. The second-order valence-electron chi connectivity index (χ2n) is 6.21. The smallest absolute Gasteiger partial charge is 0.340 e. The summed E-state index contributed by atoms with van der Waals surface area (Å²) in [6.07, 6.45) is 1.59. The number of carbonyl (C=O) groups excluding carboxylic acids is 2. The van der Waals surface area contributed by atoms with Crippen LogP contribution in [0.4, 0.5) is 5.69 Å². The van der Waals surface area contributed by atoms with Crippen molar-refractivity contribution in [3.63, 3.8) is 0 Å². The lowest BCUT2D eigenvalue weighted by atomic mass is 10.0. The van der Waals surface area contributed by atoms with E-state index in [4.69, 9.17) is 25.8 Å². The van der Waals surface area contributed by atoms with E-state index in [0.29, 0.717) is 33.5 Å². The first-order chi connectivity index (χ1) is 13.9. The van der Waals surface area contributed by atoms with Gasteiger partial charge in [0.25, 0.3) is 5.91 Å². The summed E-state index contributed by atoms with van der Waals surface area (Å²) in [7, 11) is 4.34. The molecule has 0 atom stereocenters. The molecule has 0 unspecified atom stereocenters. The zero-order valence-electron chi connectivity index (χ0n) is 16.5. The van der Waals surface area contributed by atoms with Crippen molar-refractivity contribution in [1.82, 2.24) is 0 Å². The third-order valence-corrected chi connectivity index (χ3v) is 4.94. The van der Waals surface area contributed by atoms with E-state index in [1.54, 1.807) is 62.6 Å². The number of esters is 1. The van der Waals surface area contributed by atoms with Crippen LogP contribution in [-0.2, 0) is 14.3 Å². The average Bonchev–Trinajstić information content (AvgIpc) is 2.97. The highest BCUT2D eigenvalue weighted by molar-refractivity contribution is 6.35. The number of ether oxygens (including phenoxy) is 3. The van der Waals surface area contributed by atoms with Gasteiger partial charge in [-0.1, -0.05) is 23.7 Å². The molecule has 0 N–H and O–H groups in total. The minimum Gasteiger partial charge on any atom is -0.497 e. The van der Waals surface area contributed by atoms with Gasteiger partial charge in [0, 0.05) is 11.3 Å². The van der Waals surface area contributed by atoms with Crippen LogP contribution in [0.1, 0.15) is 12.5 Å². The largest absolute Gasteiger partial charge is 0.497 e. The SMILES string of the molecule is COC(=O)C1=C(C)N(c2ccccc2Cl)C(=O)C1=Cc1cc(OC)ccc1OC. The maximum Gasteiger partial charge on any atom is 0.340 e. The fourth-order valence-electron chi connectivity index (χ4n) is 3.21. The number of para-hydroxylation sites is 1. The van der Waals surface area contributed by atoms with E-state index in [9.17, 15) is 9.59 Å². The molecule has 3 rings (SSSR count). The first-order valence-electron chi connectivity index (χ1n) is 8.75. The van der Waals surface area contributed by atoms with Crippen molar-refractivity contribution in [3.05, 3.63) is 69.9 Å². The summed E-state index contributed by atoms with van der Waals surface area (Å²) < 4.78 is 15.6. The Bertz CT molecular complexity index is 1040. The van der Waals surface area contributed by atoms with Crippen LogP contribution < -0.4 is 14.4 Å². The van der Waals surface area contributed by atoms with E-state index in [1.807, 2.05) is 0 Å². The minimum absolute atomic E-state index is 0.169. The van der Waals surface area contributed by atoms with Crippen LogP contribution >= 0.6 is 11.6 Å². The second-order valence-corrected chi connectivity index (χ2v) is 6.62. The molecule has 1 aliphatic rings. The zero-order chi connectivity index (χ0) is 21.1. The molecule has 2 aromatic rings. The summed E-state index contributed by atoms with van der Waals surface area (Å²) in [6, 6.07) is 12.1. The number of anilines is 1. The molecule has 0 fully saturated rings. The van der Waals surface area contributed by atoms with Crippen molar-refractivity contribution < 1.29 is 23.8 Å². The fourth-order valence-corrected chi connectivity index (χ4v) is 3.43. The Morgan fingerprint density at radius 3 is 2.41 bits per heavy atom. The lowest BCUT2D eigenvalue weighted by molar-refractivity contribution is -0.136. The third-order valence-electron chi connectivity index (χ3n) is 4.62. The summed E-state index contributed by atoms with van der Waals surface area (Å²) in [6.45, 7) is 1.68. The van der Waals surface area contributed by atoms with Crippen molar-refractivity contribution in [2.45, 2.75) is 6.92 Å². The predicted molar refractivity (Wildman–Crippen MR) is 111 cm³/mol. The summed E-state index contributed by atoms with van der Waals surface area (Å²) in [5, 5.41) is 0.393. The maximum atomic E-state index is 13.3. The van der Waals surface area contributed by atoms with Crippen molar-refractivity contribution in [2.24, 2.45) is 0 Å². The van der Waals surface area contributed by atoms with Gasteiger partial charge in [0.05, 0.1) is 43.2 Å². The van der Waals surface area contributed by atoms with Gasteiger partial charge in [-0.15, -0.1) is 0 Å². The molecule has 0 bridgehead atoms. The van der Waals surface area contributed by atoms with Crippen LogP contribution in [0.15, 0.2) is 59.3 Å². The standard InChI is InChI=1S/C22H20ClNO5/c1-13-20(22(26)29-4)16(12-14-11-15(27-2)9-10-19(14)28-3)21(25)24(13)18-8-6-5-7-17(18)23/h5-12H,1-4H3. The van der Waals surface area contributed by atoms with Gasteiger partial charge in [-0.3, -0.25) is 9.69 Å². The quantitative estimate of drug-likeness (QED) is 0.542. The summed E-state index contributed by atoms with van der Waals surface area (Å²) >= 11 is 6.30. The molecular weight excluding hydrogens is 394 g/mol. The summed E-state index contributed by atoms with van der Waals surface area (Å²) in [5.74, 6) is 0.120. The number of amides is 1. The van der Waals surface area contributed by atoms with Gasteiger partial charge in [-0.25, -0.2) is 4.79 Å². The van der Waals surface area contributed by atoms with Gasteiger partial charge in [0.2, 0.25) is 0 Å². The number of carbonyl (C=O) groups is 2. The lowest BCUT2D eigenvalue weighted by Gasteiger charge is -2.19. The van der Waals surface area contributed by atoms with E-state index in [0.717, 1.165) is 0 Å². The Labute approximate surface area is 173 Å². The van der Waals surface area contributed by atoms with E-state index in [-0.39, 0.29) is 17.1 Å². The molecular formula is C22H20ClNO5. The number of benzene rings is 2. The summed E-state index contributed by atoms with van der Waals surface area (Å²) in [5.41, 5.74) is 1.86. The predicted octanol–water partition coefficient (Wildman–Crippen LogP) is 4.23. The van der Waals surface area contributed by atoms with Crippen LogP contribution in [0.2, 0.25) is 5.02 Å². The molecule has 0 spiro atoms. The second kappa shape index (κ2) is 8.41. The van der Waals surface area contributed by atoms with Gasteiger partial charge >= 0.3 is 5.97 Å². The Hall–Kier alpha value is -3.25. The monoisotopic (exact) mass is 413 g/mol. The number of hydrogen-bond acceptors (Lipinski definition) is 5. The van der Waals surface area contributed by atoms with Crippen molar-refractivity contribution >= 4 is 35.2 Å². The van der Waals surface area contributed by atoms with Crippen LogP contribution in [0.5, 0.6) is 11.5 Å². The van der Waals surface area contributed by atoms with Crippen LogP contribution in [0.25, 0.3) is 6.08 Å². The van der Waals surface area contributed by atoms with Crippen molar-refractivity contribution in [3.8, 4) is 11.5 Å². The Balaban J connectivity index is 2.21. The van der Waals surface area contributed by atoms with Gasteiger partial charge in [-0.05, 0) is 43.3 Å². The maximum absolute atomic E-state index is 13.3. The number of halogens is 1. The molecule has 1 aliphatic heterocycles. The Morgan fingerprint density at radius 1 is 1.07 bits per heavy atom. The fraction of sp³-hybridized carbons (Fsp3) is 0.182. The molecule has 29 heavy (non-hydrogen) atoms. The number of methoxy groups -OCH3 is 3. The van der Waals surface area contributed by atoms with Gasteiger partial charge in [-0.2, -0.15) is 0 Å². The van der Waals surface area contributed by atoms with Crippen molar-refractivity contribution in [2.75, 3.05) is 26.2 Å². The molecule has 0 saturated heterocycles. The van der Waals surface area contributed by atoms with Gasteiger partial charge < -0.3 is 14.2 Å². The van der Waals surface area contributed by atoms with E-state index in [1.165, 1.54) is 19.1 Å². The first kappa shape index (κ1) is 20.5. The highest BCUT2D eigenvalue weighted by Crippen LogP contribution is 2.39. The third kappa shape index (κ3) is 3.71. The molecule has 2 aromatic carbocycles. The van der Waals surface area contributed by atoms with Crippen LogP contribution in [0.3, 0.4) is 0 Å². The molecule has 150 valence electrons. The first-order valence-corrected chi connectivity index (χ1v) is 9.13. The highest BCUT2D eigenvalue weighted by Gasteiger charge is 2.38. The molecule has 0 aliphatic carbocycles. The molecule has 7 heteroatoms. The van der Waals surface area contributed by atoms with E-state index in [2.05, 4.69) is 0 Å². The molecule has 0 saturated carbocycles. The normalized spacial score (nSPS) is 15.1. The van der Waals surface area contributed by atoms with Crippen LogP contribution in [-0.4, -0.2) is 33.2 Å². The average molecular weight is 414 g/mol. The molecule has 6 nitrogen and oxygen atoms in total. The highest BCUT2D eigenvalue weighted by atomic mass is 35.5. The number of nitrogens with zero attached hydrogens (tertiary/aromatic N) is 1. The summed E-state index contributed by atoms with van der Waals surface area (Å²) in [4.78, 5) is 27.3. The van der Waals surface area contributed by atoms with Gasteiger partial charge in [0.1, 0.15) is 11.5 Å². The van der Waals surface area contributed by atoms with Crippen LogP contribution in [0, 0.1) is 0 Å². The zero-order valence-corrected chi connectivity index (χ0v) is 17.2. The number of rotatable bonds is 5. The molecule has 0 aromatic heterocycles. The van der Waals surface area contributed by atoms with E-state index < -0.39 is 5.97 Å². The Morgan fingerprint density at radius 2 is 1.79 bits per heavy atom. The minimum atomic E-state index is -0.612. The Kier molecular flexibility index (Phi) is 5.94. The molecule has 0 radical (unpaired) electrons. The molecule has 1 amide bonds.